The molecule has 2 aromatic rings. The van der Waals surface area contributed by atoms with E-state index in [4.69, 9.17) is 37.9 Å². The van der Waals surface area contributed by atoms with Gasteiger partial charge in [0.15, 0.2) is 0 Å². The molecule has 0 bridgehead atoms. The summed E-state index contributed by atoms with van der Waals surface area (Å²) in [6.07, 6.45) is 0. The summed E-state index contributed by atoms with van der Waals surface area (Å²) < 4.78 is 43.3. The molecule has 1 N–H and O–H groups in total. The Bertz CT molecular complexity index is 911. The molecule has 0 spiro atoms. The Morgan fingerprint density at radius 2 is 0.975 bits per heavy atom. The number of nitrogens with one attached hydrogen (secondary N) is 1. The molecule has 2 rings (SSSR count). The summed E-state index contributed by atoms with van der Waals surface area (Å²) >= 11 is 0. The van der Waals surface area contributed by atoms with Crippen LogP contribution in [0.2, 0.25) is 0 Å². The number of anilines is 1. The molecule has 0 heterocycles. The van der Waals surface area contributed by atoms with E-state index in [9.17, 15) is 9.59 Å². The minimum atomic E-state index is -0.358. The fraction of sp³-hybridized carbons (Fsp3) is 0.517. The zero-order valence-electron chi connectivity index (χ0n) is 23.2. The van der Waals surface area contributed by atoms with Crippen LogP contribution in [0.3, 0.4) is 0 Å². The summed E-state index contributed by atoms with van der Waals surface area (Å²) in [4.78, 5) is 22.8. The summed E-state index contributed by atoms with van der Waals surface area (Å²) in [5.74, 6) is 0.244. The first-order chi connectivity index (χ1) is 19.6. The zero-order valence-corrected chi connectivity index (χ0v) is 23.2. The molecule has 40 heavy (non-hydrogen) atoms. The maximum atomic E-state index is 11.8. The number of benzene rings is 2. The highest BCUT2D eigenvalue weighted by Gasteiger charge is 2.05. The third-order valence-corrected chi connectivity index (χ3v) is 5.00. The largest absolute Gasteiger partial charge is 0.491 e. The Balaban J connectivity index is 1.23. The van der Waals surface area contributed by atoms with Crippen molar-refractivity contribution in [1.29, 1.82) is 0 Å². The molecular formula is C29H41NO10. The lowest BCUT2D eigenvalue weighted by molar-refractivity contribution is -0.114. The van der Waals surface area contributed by atoms with Gasteiger partial charge in [-0.1, -0.05) is 18.2 Å². The number of carbonyl (C=O) groups excluding carboxylic acids is 2. The highest BCUT2D eigenvalue weighted by molar-refractivity contribution is 5.89. The average molecular weight is 564 g/mol. The van der Waals surface area contributed by atoms with Gasteiger partial charge in [0.25, 0.3) is 0 Å². The first-order valence-electron chi connectivity index (χ1n) is 13.3. The van der Waals surface area contributed by atoms with Crippen molar-refractivity contribution in [2.45, 2.75) is 6.92 Å². The molecule has 0 aromatic heterocycles. The van der Waals surface area contributed by atoms with Gasteiger partial charge in [-0.3, -0.25) is 4.79 Å². The van der Waals surface area contributed by atoms with Gasteiger partial charge in [-0.05, 0) is 36.4 Å². The molecule has 2 aromatic carbocycles. The first kappa shape index (κ1) is 33.1. The van der Waals surface area contributed by atoms with Gasteiger partial charge in [-0.25, -0.2) is 4.79 Å². The summed E-state index contributed by atoms with van der Waals surface area (Å²) in [6, 6.07) is 16.0. The van der Waals surface area contributed by atoms with Crippen LogP contribution < -0.4 is 10.1 Å². The zero-order chi connectivity index (χ0) is 28.5. The summed E-state index contributed by atoms with van der Waals surface area (Å²) in [5, 5.41) is 2.70. The third-order valence-electron chi connectivity index (χ3n) is 5.00. The molecule has 0 atom stereocenters. The number of carbonyl (C=O) groups is 2. The fourth-order valence-corrected chi connectivity index (χ4v) is 3.11. The molecule has 222 valence electrons. The fourth-order valence-electron chi connectivity index (χ4n) is 3.11. The van der Waals surface area contributed by atoms with E-state index in [-0.39, 0.29) is 18.5 Å². The molecule has 0 saturated carbocycles. The van der Waals surface area contributed by atoms with E-state index < -0.39 is 0 Å². The Morgan fingerprint density at radius 1 is 0.550 bits per heavy atom. The van der Waals surface area contributed by atoms with Gasteiger partial charge in [0.1, 0.15) is 19.0 Å². The third kappa shape index (κ3) is 17.5. The normalized spacial score (nSPS) is 10.8. The number of esters is 1. The molecule has 0 aliphatic carbocycles. The number of amides is 1. The predicted molar refractivity (Wildman–Crippen MR) is 148 cm³/mol. The molecule has 11 nitrogen and oxygen atoms in total. The molecule has 0 saturated heterocycles. The van der Waals surface area contributed by atoms with E-state index in [2.05, 4.69) is 5.32 Å². The number of ether oxygens (including phenoxy) is 8. The minimum absolute atomic E-state index is 0.110. The maximum Gasteiger partial charge on any atom is 0.338 e. The Labute approximate surface area is 235 Å². The van der Waals surface area contributed by atoms with Crippen LogP contribution in [0.15, 0.2) is 54.6 Å². The van der Waals surface area contributed by atoms with E-state index in [1.165, 1.54) is 6.92 Å². The molecule has 1 amide bonds. The van der Waals surface area contributed by atoms with Crippen LogP contribution in [-0.2, 0) is 38.0 Å². The van der Waals surface area contributed by atoms with Gasteiger partial charge in [-0.2, -0.15) is 0 Å². The summed E-state index contributed by atoms with van der Waals surface area (Å²) in [5.41, 5.74) is 1.25. The highest BCUT2D eigenvalue weighted by Crippen LogP contribution is 2.15. The molecule has 0 aliphatic heterocycles. The van der Waals surface area contributed by atoms with E-state index >= 15 is 0 Å². The Morgan fingerprint density at radius 3 is 1.43 bits per heavy atom. The molecule has 11 heteroatoms. The maximum absolute atomic E-state index is 11.8. The van der Waals surface area contributed by atoms with Crippen LogP contribution in [0.1, 0.15) is 17.3 Å². The van der Waals surface area contributed by atoms with Crippen molar-refractivity contribution in [3.05, 3.63) is 60.2 Å². The lowest BCUT2D eigenvalue weighted by Crippen LogP contribution is -2.15. The number of hydrogen-bond acceptors (Lipinski definition) is 10. The second-order valence-corrected chi connectivity index (χ2v) is 8.23. The molecule has 0 radical (unpaired) electrons. The highest BCUT2D eigenvalue weighted by atomic mass is 16.6. The van der Waals surface area contributed by atoms with E-state index in [1.807, 2.05) is 6.07 Å². The molecule has 0 fully saturated rings. The van der Waals surface area contributed by atoms with Crippen LogP contribution in [-0.4, -0.2) is 104 Å². The average Bonchev–Trinajstić information content (AvgIpc) is 2.96. The second kappa shape index (κ2) is 22.7. The van der Waals surface area contributed by atoms with Crippen LogP contribution in [0, 0.1) is 0 Å². The van der Waals surface area contributed by atoms with Crippen LogP contribution in [0.5, 0.6) is 5.75 Å². The van der Waals surface area contributed by atoms with Crippen LogP contribution in [0.4, 0.5) is 5.69 Å². The lowest BCUT2D eigenvalue weighted by Gasteiger charge is -2.09. The van der Waals surface area contributed by atoms with Crippen molar-refractivity contribution < 1.29 is 47.5 Å². The number of rotatable bonds is 24. The van der Waals surface area contributed by atoms with Crippen LogP contribution >= 0.6 is 0 Å². The molecule has 0 unspecified atom stereocenters. The van der Waals surface area contributed by atoms with Crippen molar-refractivity contribution in [2.75, 3.05) is 97.8 Å². The monoisotopic (exact) mass is 563 g/mol. The van der Waals surface area contributed by atoms with E-state index in [0.717, 1.165) is 5.69 Å². The topological polar surface area (TPSA) is 120 Å². The van der Waals surface area contributed by atoms with Gasteiger partial charge in [-0.15, -0.1) is 0 Å². The van der Waals surface area contributed by atoms with E-state index in [0.29, 0.717) is 97.2 Å². The Hall–Kier alpha value is -3.06. The van der Waals surface area contributed by atoms with Crippen molar-refractivity contribution in [3.63, 3.8) is 0 Å². The standard InChI is InChI=1S/C29H41NO10/c1-25(31)30-27-7-9-28(10-8-27)39-23-21-37-19-17-35-15-13-33-11-12-34-14-16-36-18-20-38-22-24-40-29(32)26-5-3-2-4-6-26/h2-10H,11-24H2,1H3,(H,30,31). The van der Waals surface area contributed by atoms with Gasteiger partial charge >= 0.3 is 5.97 Å². The van der Waals surface area contributed by atoms with Gasteiger partial charge in [0, 0.05) is 12.6 Å². The van der Waals surface area contributed by atoms with Crippen molar-refractivity contribution in [3.8, 4) is 5.75 Å². The van der Waals surface area contributed by atoms with Gasteiger partial charge in [0.05, 0.1) is 84.8 Å². The SMILES string of the molecule is CC(=O)Nc1ccc(OCCOCCOCCOCCOCCOCCOCCOC(=O)c2ccccc2)cc1. The van der Waals surface area contributed by atoms with E-state index in [1.54, 1.807) is 48.5 Å². The lowest BCUT2D eigenvalue weighted by atomic mass is 10.2. The van der Waals surface area contributed by atoms with Gasteiger partial charge in [0.2, 0.25) is 5.91 Å². The van der Waals surface area contributed by atoms with Gasteiger partial charge < -0.3 is 43.2 Å². The quantitative estimate of drug-likeness (QED) is 0.151. The Kier molecular flexibility index (Phi) is 18.8. The smallest absolute Gasteiger partial charge is 0.338 e. The van der Waals surface area contributed by atoms with Crippen molar-refractivity contribution in [2.24, 2.45) is 0 Å². The van der Waals surface area contributed by atoms with Crippen molar-refractivity contribution in [1.82, 2.24) is 0 Å². The summed E-state index contributed by atoms with van der Waals surface area (Å²) in [7, 11) is 0. The first-order valence-corrected chi connectivity index (χ1v) is 13.3. The predicted octanol–water partition coefficient (Wildman–Crippen LogP) is 2.98. The van der Waals surface area contributed by atoms with Crippen LogP contribution in [0.25, 0.3) is 0 Å². The minimum Gasteiger partial charge on any atom is -0.491 e. The molecular weight excluding hydrogens is 522 g/mol. The summed E-state index contributed by atoms with van der Waals surface area (Å²) in [6.45, 7) is 7.53. The molecule has 0 aliphatic rings. The number of hydrogen-bond donors (Lipinski definition) is 1. The van der Waals surface area contributed by atoms with Crippen molar-refractivity contribution >= 4 is 17.6 Å². The second-order valence-electron chi connectivity index (χ2n) is 8.23.